The maximum atomic E-state index is 9.82. The van der Waals surface area contributed by atoms with E-state index in [-0.39, 0.29) is 5.41 Å². The molecule has 1 aliphatic heterocycles. The van der Waals surface area contributed by atoms with E-state index in [1.165, 1.54) is 0 Å². The van der Waals surface area contributed by atoms with E-state index in [0.717, 1.165) is 25.2 Å². The lowest BCUT2D eigenvalue weighted by molar-refractivity contribution is 0.0261. The molecule has 0 aliphatic carbocycles. The van der Waals surface area contributed by atoms with Gasteiger partial charge in [0.2, 0.25) is 0 Å². The van der Waals surface area contributed by atoms with Crippen molar-refractivity contribution in [3.05, 3.63) is 11.8 Å². The standard InChI is InChI=1S/C10H18O2/c1-10(2,3)9(11)8-6-4-5-7-12-8/h6,9,11H,4-5,7H2,1-3H3. The zero-order valence-corrected chi connectivity index (χ0v) is 8.13. The number of aliphatic hydroxyl groups excluding tert-OH is 1. The van der Waals surface area contributed by atoms with Gasteiger partial charge in [0.25, 0.3) is 0 Å². The van der Waals surface area contributed by atoms with Crippen LogP contribution in [-0.2, 0) is 4.74 Å². The van der Waals surface area contributed by atoms with Crippen molar-refractivity contribution < 1.29 is 9.84 Å². The van der Waals surface area contributed by atoms with Crippen LogP contribution in [0.2, 0.25) is 0 Å². The Morgan fingerprint density at radius 2 is 2.17 bits per heavy atom. The number of ether oxygens (including phenoxy) is 1. The molecule has 1 atom stereocenters. The van der Waals surface area contributed by atoms with Crippen LogP contribution in [0.5, 0.6) is 0 Å². The van der Waals surface area contributed by atoms with Gasteiger partial charge in [-0.2, -0.15) is 0 Å². The molecule has 1 rings (SSSR count). The topological polar surface area (TPSA) is 29.5 Å². The van der Waals surface area contributed by atoms with Gasteiger partial charge in [-0.15, -0.1) is 0 Å². The molecule has 0 aromatic heterocycles. The predicted octanol–water partition coefficient (Wildman–Crippen LogP) is 2.09. The van der Waals surface area contributed by atoms with Gasteiger partial charge in [-0.1, -0.05) is 20.8 Å². The summed E-state index contributed by atoms with van der Waals surface area (Å²) in [5, 5.41) is 9.82. The molecule has 2 heteroatoms. The van der Waals surface area contributed by atoms with E-state index >= 15 is 0 Å². The Bertz CT molecular complexity index is 177. The highest BCUT2D eigenvalue weighted by Crippen LogP contribution is 2.27. The first kappa shape index (κ1) is 9.59. The van der Waals surface area contributed by atoms with Crippen molar-refractivity contribution in [3.63, 3.8) is 0 Å². The molecule has 0 fully saturated rings. The summed E-state index contributed by atoms with van der Waals surface area (Å²) in [6.07, 6.45) is 3.64. The van der Waals surface area contributed by atoms with Gasteiger partial charge in [-0.25, -0.2) is 0 Å². The van der Waals surface area contributed by atoms with Crippen molar-refractivity contribution in [2.24, 2.45) is 5.41 Å². The van der Waals surface area contributed by atoms with Crippen LogP contribution in [0.4, 0.5) is 0 Å². The third kappa shape index (κ3) is 2.24. The largest absolute Gasteiger partial charge is 0.495 e. The molecule has 0 aromatic carbocycles. The quantitative estimate of drug-likeness (QED) is 0.653. The van der Waals surface area contributed by atoms with E-state index in [2.05, 4.69) is 0 Å². The summed E-state index contributed by atoms with van der Waals surface area (Å²) in [7, 11) is 0. The number of aliphatic hydroxyl groups is 1. The predicted molar refractivity (Wildman–Crippen MR) is 48.7 cm³/mol. The van der Waals surface area contributed by atoms with E-state index in [1.807, 2.05) is 26.8 Å². The van der Waals surface area contributed by atoms with Crippen LogP contribution in [0, 0.1) is 5.41 Å². The van der Waals surface area contributed by atoms with Crippen molar-refractivity contribution in [3.8, 4) is 0 Å². The minimum absolute atomic E-state index is 0.122. The normalized spacial score (nSPS) is 21.2. The smallest absolute Gasteiger partial charge is 0.121 e. The van der Waals surface area contributed by atoms with Crippen LogP contribution >= 0.6 is 0 Å². The Morgan fingerprint density at radius 3 is 2.58 bits per heavy atom. The second-order valence-electron chi connectivity index (χ2n) is 4.37. The summed E-state index contributed by atoms with van der Waals surface area (Å²) in [6, 6.07) is 0. The molecule has 1 aliphatic rings. The van der Waals surface area contributed by atoms with E-state index < -0.39 is 6.10 Å². The Labute approximate surface area is 74.2 Å². The minimum Gasteiger partial charge on any atom is -0.495 e. The average molecular weight is 170 g/mol. The van der Waals surface area contributed by atoms with Gasteiger partial charge in [-0.05, 0) is 24.3 Å². The van der Waals surface area contributed by atoms with Crippen molar-refractivity contribution in [2.75, 3.05) is 6.61 Å². The van der Waals surface area contributed by atoms with Crippen LogP contribution in [0.15, 0.2) is 11.8 Å². The molecule has 0 radical (unpaired) electrons. The molecule has 2 nitrogen and oxygen atoms in total. The molecule has 1 unspecified atom stereocenters. The second-order valence-corrected chi connectivity index (χ2v) is 4.37. The number of rotatable bonds is 1. The molecule has 70 valence electrons. The van der Waals surface area contributed by atoms with Crippen LogP contribution in [0.1, 0.15) is 33.6 Å². The lowest BCUT2D eigenvalue weighted by atomic mass is 9.87. The lowest BCUT2D eigenvalue weighted by Gasteiger charge is -2.29. The first-order chi connectivity index (χ1) is 5.52. The number of allylic oxidation sites excluding steroid dienone is 1. The first-order valence-electron chi connectivity index (χ1n) is 4.53. The van der Waals surface area contributed by atoms with Crippen LogP contribution in [0.3, 0.4) is 0 Å². The van der Waals surface area contributed by atoms with Crippen molar-refractivity contribution in [1.82, 2.24) is 0 Å². The van der Waals surface area contributed by atoms with E-state index in [4.69, 9.17) is 4.74 Å². The Morgan fingerprint density at radius 1 is 1.50 bits per heavy atom. The van der Waals surface area contributed by atoms with Gasteiger partial charge in [0, 0.05) is 0 Å². The van der Waals surface area contributed by atoms with Crippen molar-refractivity contribution in [1.29, 1.82) is 0 Å². The molecule has 0 saturated carbocycles. The number of hydrogen-bond acceptors (Lipinski definition) is 2. The lowest BCUT2D eigenvalue weighted by Crippen LogP contribution is -2.30. The fourth-order valence-electron chi connectivity index (χ4n) is 1.19. The molecule has 0 amide bonds. The van der Waals surface area contributed by atoms with Crippen molar-refractivity contribution in [2.45, 2.75) is 39.7 Å². The highest BCUT2D eigenvalue weighted by atomic mass is 16.5. The molecular weight excluding hydrogens is 152 g/mol. The summed E-state index contributed by atoms with van der Waals surface area (Å²) in [5.41, 5.74) is -0.122. The zero-order valence-electron chi connectivity index (χ0n) is 8.13. The number of hydrogen-bond donors (Lipinski definition) is 1. The summed E-state index contributed by atoms with van der Waals surface area (Å²) < 4.78 is 5.38. The average Bonchev–Trinajstić information content (AvgIpc) is 2.03. The van der Waals surface area contributed by atoms with Crippen LogP contribution in [-0.4, -0.2) is 17.8 Å². The molecule has 1 N–H and O–H groups in total. The molecule has 0 aromatic rings. The maximum absolute atomic E-state index is 9.82. The summed E-state index contributed by atoms with van der Waals surface area (Å²) >= 11 is 0. The highest BCUT2D eigenvalue weighted by molar-refractivity contribution is 5.05. The SMILES string of the molecule is CC(C)(C)C(O)C1=CCCCO1. The Hall–Kier alpha value is -0.500. The van der Waals surface area contributed by atoms with Crippen LogP contribution in [0.25, 0.3) is 0 Å². The van der Waals surface area contributed by atoms with Gasteiger partial charge in [0.15, 0.2) is 0 Å². The van der Waals surface area contributed by atoms with Crippen LogP contribution < -0.4 is 0 Å². The molecule has 12 heavy (non-hydrogen) atoms. The van der Waals surface area contributed by atoms with Gasteiger partial charge in [0.1, 0.15) is 11.9 Å². The fraction of sp³-hybridized carbons (Fsp3) is 0.800. The van der Waals surface area contributed by atoms with Gasteiger partial charge < -0.3 is 9.84 Å². The summed E-state index contributed by atoms with van der Waals surface area (Å²) in [4.78, 5) is 0. The Balaban J connectivity index is 2.62. The summed E-state index contributed by atoms with van der Waals surface area (Å²) in [5.74, 6) is 0.758. The third-order valence-corrected chi connectivity index (χ3v) is 2.05. The van der Waals surface area contributed by atoms with E-state index in [0.29, 0.717) is 0 Å². The first-order valence-corrected chi connectivity index (χ1v) is 4.53. The monoisotopic (exact) mass is 170 g/mol. The van der Waals surface area contributed by atoms with Gasteiger partial charge in [0.05, 0.1) is 6.61 Å². The summed E-state index contributed by atoms with van der Waals surface area (Å²) in [6.45, 7) is 6.78. The third-order valence-electron chi connectivity index (χ3n) is 2.05. The molecule has 0 bridgehead atoms. The van der Waals surface area contributed by atoms with E-state index in [9.17, 15) is 5.11 Å². The highest BCUT2D eigenvalue weighted by Gasteiger charge is 2.27. The van der Waals surface area contributed by atoms with E-state index in [1.54, 1.807) is 0 Å². The second kappa shape index (κ2) is 3.48. The van der Waals surface area contributed by atoms with Gasteiger partial charge >= 0.3 is 0 Å². The fourth-order valence-corrected chi connectivity index (χ4v) is 1.19. The maximum Gasteiger partial charge on any atom is 0.121 e. The Kier molecular flexibility index (Phi) is 2.78. The minimum atomic E-state index is -0.460. The molecule has 0 saturated heterocycles. The molecule has 1 heterocycles. The molecular formula is C10H18O2. The molecule has 0 spiro atoms. The van der Waals surface area contributed by atoms with Gasteiger partial charge in [-0.3, -0.25) is 0 Å². The zero-order chi connectivity index (χ0) is 9.19. The van der Waals surface area contributed by atoms with Crippen molar-refractivity contribution >= 4 is 0 Å².